The number of ether oxygens (including phenoxy) is 4. The van der Waals surface area contributed by atoms with Crippen LogP contribution in [0, 0.1) is 0 Å². The molecule has 1 aliphatic rings. The van der Waals surface area contributed by atoms with E-state index in [1.807, 2.05) is 19.1 Å². The molecule has 1 atom stereocenters. The quantitative estimate of drug-likeness (QED) is 0.524. The van der Waals surface area contributed by atoms with Gasteiger partial charge in [0, 0.05) is 12.5 Å². The fraction of sp³-hybridized carbons (Fsp3) is 0.360. The van der Waals surface area contributed by atoms with Crippen LogP contribution in [-0.4, -0.2) is 32.4 Å². The average molecular weight is 438 g/mol. The van der Waals surface area contributed by atoms with Gasteiger partial charge in [0.05, 0.1) is 31.3 Å². The summed E-state index contributed by atoms with van der Waals surface area (Å²) in [6, 6.07) is 8.90. The molecule has 0 N–H and O–H groups in total. The van der Waals surface area contributed by atoms with Crippen molar-refractivity contribution in [2.75, 3.05) is 20.3 Å². The van der Waals surface area contributed by atoms with Gasteiger partial charge in [-0.3, -0.25) is 4.79 Å². The van der Waals surface area contributed by atoms with Crippen LogP contribution in [0.25, 0.3) is 22.1 Å². The number of benzene rings is 2. The van der Waals surface area contributed by atoms with Crippen molar-refractivity contribution in [3.8, 4) is 28.4 Å². The van der Waals surface area contributed by atoms with E-state index in [0.717, 1.165) is 18.4 Å². The first-order valence-corrected chi connectivity index (χ1v) is 10.7. The molecule has 7 heteroatoms. The minimum absolute atomic E-state index is 0.148. The van der Waals surface area contributed by atoms with Crippen molar-refractivity contribution in [2.24, 2.45) is 0 Å². The summed E-state index contributed by atoms with van der Waals surface area (Å²) in [7, 11) is 1.32. The molecular formula is C25H26O7. The van der Waals surface area contributed by atoms with E-state index >= 15 is 0 Å². The molecule has 0 radical (unpaired) electrons. The minimum atomic E-state index is -0.777. The molecular weight excluding hydrogens is 412 g/mol. The van der Waals surface area contributed by atoms with Gasteiger partial charge in [-0.05, 0) is 42.7 Å². The Morgan fingerprint density at radius 3 is 2.66 bits per heavy atom. The van der Waals surface area contributed by atoms with Gasteiger partial charge < -0.3 is 23.4 Å². The van der Waals surface area contributed by atoms with Crippen LogP contribution in [0.2, 0.25) is 0 Å². The Kier molecular flexibility index (Phi) is 6.35. The highest BCUT2D eigenvalue weighted by molar-refractivity contribution is 5.84. The van der Waals surface area contributed by atoms with E-state index in [-0.39, 0.29) is 5.43 Å². The first-order chi connectivity index (χ1) is 15.5. The molecule has 1 aromatic heterocycles. The molecule has 32 heavy (non-hydrogen) atoms. The normalized spacial score (nSPS) is 14.0. The van der Waals surface area contributed by atoms with Crippen molar-refractivity contribution in [3.63, 3.8) is 0 Å². The van der Waals surface area contributed by atoms with Gasteiger partial charge in [0.2, 0.25) is 5.43 Å². The maximum Gasteiger partial charge on any atom is 0.346 e. The van der Waals surface area contributed by atoms with Crippen LogP contribution in [0.3, 0.4) is 0 Å². The Labute approximate surface area is 185 Å². The number of carbonyl (C=O) groups is 1. The third-order valence-electron chi connectivity index (χ3n) is 5.37. The highest BCUT2D eigenvalue weighted by Crippen LogP contribution is 2.34. The molecule has 0 fully saturated rings. The summed E-state index contributed by atoms with van der Waals surface area (Å²) in [5.41, 5.74) is 2.21. The Balaban J connectivity index is 1.77. The molecule has 3 aromatic rings. The first kappa shape index (κ1) is 21.7. The second-order valence-corrected chi connectivity index (χ2v) is 7.68. The number of fused-ring (bicyclic) bond motifs is 2. The molecule has 7 nitrogen and oxygen atoms in total. The lowest BCUT2D eigenvalue weighted by molar-refractivity contribution is -0.147. The highest BCUT2D eigenvalue weighted by atomic mass is 16.6. The number of methoxy groups -OCH3 is 1. The lowest BCUT2D eigenvalue weighted by atomic mass is 10.0. The van der Waals surface area contributed by atoms with Crippen LogP contribution >= 0.6 is 0 Å². The van der Waals surface area contributed by atoms with Gasteiger partial charge in [0.25, 0.3) is 0 Å². The highest BCUT2D eigenvalue weighted by Gasteiger charge is 2.20. The van der Waals surface area contributed by atoms with E-state index in [4.69, 9.17) is 23.4 Å². The summed E-state index contributed by atoms with van der Waals surface area (Å²) < 4.78 is 27.8. The predicted molar refractivity (Wildman–Crippen MR) is 120 cm³/mol. The van der Waals surface area contributed by atoms with Gasteiger partial charge in [-0.2, -0.15) is 0 Å². The molecule has 0 spiro atoms. The fourth-order valence-electron chi connectivity index (χ4n) is 3.71. The second-order valence-electron chi connectivity index (χ2n) is 7.68. The topological polar surface area (TPSA) is 84.2 Å². The lowest BCUT2D eigenvalue weighted by Gasteiger charge is -2.16. The maximum absolute atomic E-state index is 13.4. The van der Waals surface area contributed by atoms with E-state index < -0.39 is 12.1 Å². The number of hydrogen-bond acceptors (Lipinski definition) is 7. The molecule has 4 rings (SSSR count). The molecule has 0 bridgehead atoms. The summed E-state index contributed by atoms with van der Waals surface area (Å²) in [6.45, 7) is 4.82. The Bertz CT molecular complexity index is 1190. The van der Waals surface area contributed by atoms with Crippen molar-refractivity contribution in [2.45, 2.75) is 39.2 Å². The SMILES string of the molecule is CCCc1cc2c(=O)c(-c3ccc4c(c3)OCCCO4)coc2cc1O[C@H](C)C(=O)OC. The smallest absolute Gasteiger partial charge is 0.346 e. The van der Waals surface area contributed by atoms with Crippen LogP contribution in [0.15, 0.2) is 45.8 Å². The maximum atomic E-state index is 13.4. The van der Waals surface area contributed by atoms with E-state index in [1.165, 1.54) is 13.4 Å². The van der Waals surface area contributed by atoms with E-state index in [1.54, 1.807) is 25.1 Å². The molecule has 168 valence electrons. The number of aryl methyl sites for hydroxylation is 1. The van der Waals surface area contributed by atoms with Gasteiger partial charge in [-0.1, -0.05) is 19.4 Å². The molecule has 2 aromatic carbocycles. The molecule has 0 saturated heterocycles. The van der Waals surface area contributed by atoms with Crippen molar-refractivity contribution in [3.05, 3.63) is 52.4 Å². The minimum Gasteiger partial charge on any atom is -0.490 e. The molecule has 0 aliphatic carbocycles. The Hall–Kier alpha value is -3.48. The molecule has 0 saturated carbocycles. The summed E-state index contributed by atoms with van der Waals surface area (Å²) in [6.07, 6.45) is 3.01. The predicted octanol–water partition coefficient (Wildman–Crippen LogP) is 4.51. The number of hydrogen-bond donors (Lipinski definition) is 0. The molecule has 2 heterocycles. The zero-order valence-electron chi connectivity index (χ0n) is 18.4. The molecule has 0 amide bonds. The molecule has 1 aliphatic heterocycles. The van der Waals surface area contributed by atoms with E-state index in [9.17, 15) is 9.59 Å². The van der Waals surface area contributed by atoms with Crippen LogP contribution in [0.5, 0.6) is 17.2 Å². The monoisotopic (exact) mass is 438 g/mol. The standard InChI is InChI=1S/C25H26O7/c1-4-6-17-11-18-22(13-21(17)32-15(2)25(27)28-3)31-14-19(24(18)26)16-7-8-20-23(12-16)30-10-5-9-29-20/h7-8,11-15H,4-6,9-10H2,1-3H3/t15-/m1/s1. The van der Waals surface area contributed by atoms with Gasteiger partial charge >= 0.3 is 5.97 Å². The summed E-state index contributed by atoms with van der Waals surface area (Å²) in [5, 5.41) is 0.455. The van der Waals surface area contributed by atoms with E-state index in [2.05, 4.69) is 0 Å². The van der Waals surface area contributed by atoms with Gasteiger partial charge in [0.1, 0.15) is 17.6 Å². The van der Waals surface area contributed by atoms with Crippen molar-refractivity contribution >= 4 is 16.9 Å². The second kappa shape index (κ2) is 9.34. The van der Waals surface area contributed by atoms with Crippen molar-refractivity contribution < 1.29 is 28.2 Å². The van der Waals surface area contributed by atoms with Crippen LogP contribution in [0.1, 0.15) is 32.3 Å². The number of rotatable bonds is 6. The molecule has 0 unspecified atom stereocenters. The zero-order valence-corrected chi connectivity index (χ0v) is 18.4. The largest absolute Gasteiger partial charge is 0.490 e. The van der Waals surface area contributed by atoms with Gasteiger partial charge in [-0.15, -0.1) is 0 Å². The van der Waals surface area contributed by atoms with Crippen LogP contribution in [-0.2, 0) is 16.0 Å². The third-order valence-corrected chi connectivity index (χ3v) is 5.37. The number of esters is 1. The summed E-state index contributed by atoms with van der Waals surface area (Å²) in [5.74, 6) is 1.32. The third kappa shape index (κ3) is 4.28. The average Bonchev–Trinajstić information content (AvgIpc) is 3.04. The Morgan fingerprint density at radius 2 is 1.91 bits per heavy atom. The lowest BCUT2D eigenvalue weighted by Crippen LogP contribution is -2.25. The first-order valence-electron chi connectivity index (χ1n) is 10.7. The van der Waals surface area contributed by atoms with Gasteiger partial charge in [-0.25, -0.2) is 4.79 Å². The van der Waals surface area contributed by atoms with Crippen molar-refractivity contribution in [1.29, 1.82) is 0 Å². The zero-order chi connectivity index (χ0) is 22.7. The van der Waals surface area contributed by atoms with Gasteiger partial charge in [0.15, 0.2) is 17.6 Å². The number of carbonyl (C=O) groups excluding carboxylic acids is 1. The van der Waals surface area contributed by atoms with Crippen LogP contribution in [0.4, 0.5) is 0 Å². The fourth-order valence-corrected chi connectivity index (χ4v) is 3.71. The summed E-state index contributed by atoms with van der Waals surface area (Å²) in [4.78, 5) is 25.2. The van der Waals surface area contributed by atoms with Crippen molar-refractivity contribution in [1.82, 2.24) is 0 Å². The van der Waals surface area contributed by atoms with E-state index in [0.29, 0.717) is 59.0 Å². The van der Waals surface area contributed by atoms with Crippen LogP contribution < -0.4 is 19.6 Å². The summed E-state index contributed by atoms with van der Waals surface area (Å²) >= 11 is 0. The Morgan fingerprint density at radius 1 is 1.12 bits per heavy atom.